The van der Waals surface area contributed by atoms with Crippen LogP contribution in [-0.2, 0) is 6.54 Å². The van der Waals surface area contributed by atoms with Gasteiger partial charge in [0.2, 0.25) is 0 Å². The lowest BCUT2D eigenvalue weighted by atomic mass is 10.2. The molecule has 108 valence electrons. The van der Waals surface area contributed by atoms with Crippen LogP contribution < -0.4 is 10.9 Å². The van der Waals surface area contributed by atoms with Crippen molar-refractivity contribution < 1.29 is 4.42 Å². The number of halogens is 1. The molecule has 0 saturated heterocycles. The lowest BCUT2D eigenvalue weighted by Crippen LogP contribution is -2.23. The first-order valence-corrected chi connectivity index (χ1v) is 6.96. The number of fused-ring (bicyclic) bond motifs is 1. The van der Waals surface area contributed by atoms with Crippen molar-refractivity contribution in [2.45, 2.75) is 19.5 Å². The summed E-state index contributed by atoms with van der Waals surface area (Å²) in [5.74, 6) is 1.40. The van der Waals surface area contributed by atoms with Gasteiger partial charge in [0.05, 0.1) is 29.8 Å². The van der Waals surface area contributed by atoms with Gasteiger partial charge in [-0.3, -0.25) is 4.79 Å². The third kappa shape index (κ3) is 2.99. The van der Waals surface area contributed by atoms with Crippen molar-refractivity contribution in [3.8, 4) is 0 Å². The number of nitrogens with zero attached hydrogens (tertiary/aromatic N) is 1. The number of rotatable bonds is 4. The predicted octanol–water partition coefficient (Wildman–Crippen LogP) is 3.02. The molecule has 2 aromatic heterocycles. The van der Waals surface area contributed by atoms with Gasteiger partial charge in [0.25, 0.3) is 5.56 Å². The molecule has 0 radical (unpaired) electrons. The minimum atomic E-state index is -0.168. The Labute approximate surface area is 126 Å². The first-order valence-electron chi connectivity index (χ1n) is 6.59. The van der Waals surface area contributed by atoms with Crippen molar-refractivity contribution in [2.24, 2.45) is 0 Å². The summed E-state index contributed by atoms with van der Waals surface area (Å²) in [6, 6.07) is 8.64. The molecule has 0 aliphatic carbocycles. The van der Waals surface area contributed by atoms with Gasteiger partial charge in [-0.25, -0.2) is 4.98 Å². The van der Waals surface area contributed by atoms with Crippen LogP contribution in [0.25, 0.3) is 10.9 Å². The number of hydrogen-bond donors (Lipinski definition) is 2. The summed E-state index contributed by atoms with van der Waals surface area (Å²) in [4.78, 5) is 19.3. The molecule has 2 heterocycles. The second kappa shape index (κ2) is 5.71. The third-order valence-electron chi connectivity index (χ3n) is 3.26. The van der Waals surface area contributed by atoms with Crippen LogP contribution in [0.5, 0.6) is 0 Å². The number of benzene rings is 1. The average Bonchev–Trinajstić information content (AvgIpc) is 2.97. The van der Waals surface area contributed by atoms with E-state index in [0.29, 0.717) is 28.3 Å². The molecule has 0 spiro atoms. The zero-order valence-corrected chi connectivity index (χ0v) is 12.1. The van der Waals surface area contributed by atoms with Gasteiger partial charge in [-0.15, -0.1) is 0 Å². The maximum absolute atomic E-state index is 12.1. The molecule has 1 unspecified atom stereocenters. The highest BCUT2D eigenvalue weighted by Gasteiger charge is 2.11. The van der Waals surface area contributed by atoms with E-state index >= 15 is 0 Å². The van der Waals surface area contributed by atoms with Crippen LogP contribution in [0, 0.1) is 0 Å². The maximum Gasteiger partial charge on any atom is 0.258 e. The summed E-state index contributed by atoms with van der Waals surface area (Å²) < 4.78 is 5.26. The summed E-state index contributed by atoms with van der Waals surface area (Å²) >= 11 is 5.95. The number of aromatic nitrogens is 2. The van der Waals surface area contributed by atoms with E-state index in [9.17, 15) is 4.79 Å². The zero-order chi connectivity index (χ0) is 14.8. The lowest BCUT2D eigenvalue weighted by Gasteiger charge is -2.12. The van der Waals surface area contributed by atoms with Gasteiger partial charge in [0.15, 0.2) is 0 Å². The van der Waals surface area contributed by atoms with Crippen molar-refractivity contribution in [3.63, 3.8) is 0 Å². The molecule has 3 rings (SSSR count). The number of H-pyrrole nitrogens is 1. The minimum absolute atomic E-state index is 0.119. The Balaban J connectivity index is 1.87. The monoisotopic (exact) mass is 303 g/mol. The van der Waals surface area contributed by atoms with Crippen LogP contribution in [-0.4, -0.2) is 9.97 Å². The van der Waals surface area contributed by atoms with E-state index in [1.54, 1.807) is 24.5 Å². The Morgan fingerprint density at radius 1 is 1.43 bits per heavy atom. The van der Waals surface area contributed by atoms with Crippen LogP contribution in [0.4, 0.5) is 0 Å². The topological polar surface area (TPSA) is 70.9 Å². The zero-order valence-electron chi connectivity index (χ0n) is 11.4. The van der Waals surface area contributed by atoms with Crippen LogP contribution in [0.15, 0.2) is 45.8 Å². The molecule has 0 saturated carbocycles. The Bertz CT molecular complexity index is 811. The predicted molar refractivity (Wildman–Crippen MR) is 81.3 cm³/mol. The second-order valence-corrected chi connectivity index (χ2v) is 5.23. The van der Waals surface area contributed by atoms with Crippen LogP contribution in [0.1, 0.15) is 24.6 Å². The summed E-state index contributed by atoms with van der Waals surface area (Å²) in [5, 5.41) is 4.34. The normalized spacial score (nSPS) is 12.7. The molecule has 1 aromatic carbocycles. The third-order valence-corrected chi connectivity index (χ3v) is 3.49. The van der Waals surface area contributed by atoms with Gasteiger partial charge in [-0.2, -0.15) is 0 Å². The highest BCUT2D eigenvalue weighted by molar-refractivity contribution is 6.31. The van der Waals surface area contributed by atoms with E-state index in [1.807, 2.05) is 19.1 Å². The van der Waals surface area contributed by atoms with E-state index in [1.165, 1.54) is 0 Å². The van der Waals surface area contributed by atoms with E-state index in [0.717, 1.165) is 5.76 Å². The quantitative estimate of drug-likeness (QED) is 0.777. The molecule has 0 aliphatic rings. The van der Waals surface area contributed by atoms with Gasteiger partial charge in [-0.1, -0.05) is 11.6 Å². The van der Waals surface area contributed by atoms with Crippen LogP contribution in [0.3, 0.4) is 0 Å². The fourth-order valence-electron chi connectivity index (χ4n) is 2.10. The molecule has 0 bridgehead atoms. The van der Waals surface area contributed by atoms with Gasteiger partial charge >= 0.3 is 0 Å². The molecule has 0 aliphatic heterocycles. The summed E-state index contributed by atoms with van der Waals surface area (Å²) in [7, 11) is 0. The highest BCUT2D eigenvalue weighted by Crippen LogP contribution is 2.16. The molecule has 0 fully saturated rings. The van der Waals surface area contributed by atoms with Gasteiger partial charge in [0, 0.05) is 5.02 Å². The van der Waals surface area contributed by atoms with Crippen LogP contribution >= 0.6 is 11.6 Å². The number of hydrogen-bond acceptors (Lipinski definition) is 4. The van der Waals surface area contributed by atoms with Crippen molar-refractivity contribution in [3.05, 3.63) is 63.6 Å². The van der Waals surface area contributed by atoms with E-state index in [-0.39, 0.29) is 11.6 Å². The van der Waals surface area contributed by atoms with E-state index in [4.69, 9.17) is 16.0 Å². The highest BCUT2D eigenvalue weighted by atomic mass is 35.5. The number of furan rings is 1. The van der Waals surface area contributed by atoms with Crippen LogP contribution in [0.2, 0.25) is 5.02 Å². The maximum atomic E-state index is 12.1. The largest absolute Gasteiger partial charge is 0.468 e. The van der Waals surface area contributed by atoms with E-state index in [2.05, 4.69) is 15.3 Å². The fourth-order valence-corrected chi connectivity index (χ4v) is 2.27. The van der Waals surface area contributed by atoms with Crippen molar-refractivity contribution in [2.75, 3.05) is 0 Å². The van der Waals surface area contributed by atoms with Gasteiger partial charge in [0.1, 0.15) is 11.6 Å². The first-order chi connectivity index (χ1) is 10.1. The smallest absolute Gasteiger partial charge is 0.258 e. The van der Waals surface area contributed by atoms with Gasteiger partial charge in [-0.05, 0) is 37.3 Å². The molecule has 0 amide bonds. The molecular formula is C15H14ClN3O2. The molecule has 5 nitrogen and oxygen atoms in total. The minimum Gasteiger partial charge on any atom is -0.468 e. The Morgan fingerprint density at radius 3 is 3.05 bits per heavy atom. The lowest BCUT2D eigenvalue weighted by molar-refractivity contribution is 0.453. The molecule has 6 heteroatoms. The standard InChI is InChI=1S/C15H14ClN3O2/c1-9(17-8-11-3-2-6-21-11)14-18-13-7-10(16)4-5-12(13)15(20)19-14/h2-7,9,17H,8H2,1H3,(H,18,19,20). The second-order valence-electron chi connectivity index (χ2n) is 4.79. The summed E-state index contributed by atoms with van der Waals surface area (Å²) in [6.07, 6.45) is 1.62. The first kappa shape index (κ1) is 13.9. The molecule has 21 heavy (non-hydrogen) atoms. The summed E-state index contributed by atoms with van der Waals surface area (Å²) in [6.45, 7) is 2.49. The SMILES string of the molecule is CC(NCc1ccco1)c1nc2cc(Cl)ccc2c(=O)[nH]1. The molecule has 3 aromatic rings. The Morgan fingerprint density at radius 2 is 2.29 bits per heavy atom. The van der Waals surface area contributed by atoms with Crippen molar-refractivity contribution in [1.82, 2.24) is 15.3 Å². The van der Waals surface area contributed by atoms with Crippen molar-refractivity contribution >= 4 is 22.5 Å². The molecular weight excluding hydrogens is 290 g/mol. The Kier molecular flexibility index (Phi) is 3.77. The van der Waals surface area contributed by atoms with E-state index < -0.39 is 0 Å². The Hall–Kier alpha value is -2.11. The average molecular weight is 304 g/mol. The van der Waals surface area contributed by atoms with Crippen molar-refractivity contribution in [1.29, 1.82) is 0 Å². The van der Waals surface area contributed by atoms with Gasteiger partial charge < -0.3 is 14.7 Å². The molecule has 2 N–H and O–H groups in total. The molecule has 1 atom stereocenters. The number of aromatic amines is 1. The number of nitrogens with one attached hydrogen (secondary N) is 2. The fraction of sp³-hybridized carbons (Fsp3) is 0.200. The summed E-state index contributed by atoms with van der Waals surface area (Å²) in [5.41, 5.74) is 0.422.